The lowest BCUT2D eigenvalue weighted by molar-refractivity contribution is -0.147. The molecule has 0 fully saturated rings. The highest BCUT2D eigenvalue weighted by Gasteiger charge is 2.26. The lowest BCUT2D eigenvalue weighted by atomic mass is 10.1. The van der Waals surface area contributed by atoms with Crippen molar-refractivity contribution in [1.29, 1.82) is 0 Å². The van der Waals surface area contributed by atoms with Crippen LogP contribution in [0.3, 0.4) is 0 Å². The normalized spacial score (nSPS) is 10.1. The molecule has 2 amide bonds. The van der Waals surface area contributed by atoms with E-state index in [0.29, 0.717) is 16.9 Å². The standard InChI is InChI=1S/C16H22N2O6S/c1-5-7-11(20)24-8-10(19)18-15-12(16(22)23-6-2)9(3)13(25-15)14(21)17-4/h5-8H2,1-4H3,(H,17,21)(H,18,19). The first-order valence-corrected chi connectivity index (χ1v) is 8.65. The maximum absolute atomic E-state index is 12.2. The van der Waals surface area contributed by atoms with Gasteiger partial charge in [0, 0.05) is 13.5 Å². The number of esters is 2. The third kappa shape index (κ3) is 5.56. The van der Waals surface area contributed by atoms with E-state index in [2.05, 4.69) is 10.6 Å². The molecule has 0 radical (unpaired) electrons. The summed E-state index contributed by atoms with van der Waals surface area (Å²) >= 11 is 0.961. The predicted octanol–water partition coefficient (Wildman–Crippen LogP) is 1.87. The summed E-state index contributed by atoms with van der Waals surface area (Å²) in [4.78, 5) is 47.7. The molecular formula is C16H22N2O6S. The zero-order valence-corrected chi connectivity index (χ0v) is 15.5. The molecule has 0 saturated heterocycles. The van der Waals surface area contributed by atoms with E-state index in [1.165, 1.54) is 7.05 Å². The number of hydrogen-bond acceptors (Lipinski definition) is 7. The van der Waals surface area contributed by atoms with E-state index < -0.39 is 24.5 Å². The number of rotatable bonds is 8. The van der Waals surface area contributed by atoms with Crippen LogP contribution in [-0.4, -0.2) is 44.0 Å². The number of anilines is 1. The Bertz CT molecular complexity index is 668. The second-order valence-corrected chi connectivity index (χ2v) is 6.04. The molecule has 0 unspecified atom stereocenters. The molecule has 0 bridgehead atoms. The molecule has 2 N–H and O–H groups in total. The van der Waals surface area contributed by atoms with Gasteiger partial charge in [0.15, 0.2) is 6.61 Å². The smallest absolute Gasteiger partial charge is 0.341 e. The molecule has 25 heavy (non-hydrogen) atoms. The van der Waals surface area contributed by atoms with Crippen molar-refractivity contribution >= 4 is 40.1 Å². The van der Waals surface area contributed by atoms with Crippen molar-refractivity contribution in [2.45, 2.75) is 33.6 Å². The van der Waals surface area contributed by atoms with Crippen molar-refractivity contribution in [3.05, 3.63) is 16.0 Å². The van der Waals surface area contributed by atoms with Crippen LogP contribution in [0.4, 0.5) is 5.00 Å². The first-order valence-electron chi connectivity index (χ1n) is 7.83. The Hall–Kier alpha value is -2.42. The molecule has 0 aromatic carbocycles. The second kappa shape index (κ2) is 9.77. The van der Waals surface area contributed by atoms with Crippen LogP contribution in [0.5, 0.6) is 0 Å². The molecule has 1 aromatic rings. The van der Waals surface area contributed by atoms with Crippen molar-refractivity contribution in [1.82, 2.24) is 5.32 Å². The minimum Gasteiger partial charge on any atom is -0.462 e. The fourth-order valence-corrected chi connectivity index (χ4v) is 3.12. The molecule has 0 saturated carbocycles. The summed E-state index contributed by atoms with van der Waals surface area (Å²) < 4.78 is 9.82. The Kier molecular flexibility index (Phi) is 8.06. The molecule has 1 rings (SSSR count). The number of thiophene rings is 1. The monoisotopic (exact) mass is 370 g/mol. The molecule has 0 aliphatic heterocycles. The Labute approximate surface area is 149 Å². The Morgan fingerprint density at radius 1 is 1.12 bits per heavy atom. The SMILES string of the molecule is CCCC(=O)OCC(=O)Nc1sc(C(=O)NC)c(C)c1C(=O)OCC. The molecule has 1 heterocycles. The Morgan fingerprint density at radius 3 is 2.36 bits per heavy atom. The zero-order valence-electron chi connectivity index (χ0n) is 14.7. The Balaban J connectivity index is 3.00. The van der Waals surface area contributed by atoms with E-state index in [9.17, 15) is 19.2 Å². The van der Waals surface area contributed by atoms with Crippen LogP contribution in [0.1, 0.15) is 52.3 Å². The fraction of sp³-hybridized carbons (Fsp3) is 0.500. The zero-order chi connectivity index (χ0) is 19.0. The van der Waals surface area contributed by atoms with Gasteiger partial charge in [-0.25, -0.2) is 4.79 Å². The van der Waals surface area contributed by atoms with E-state index in [1.54, 1.807) is 13.8 Å². The topological polar surface area (TPSA) is 111 Å². The van der Waals surface area contributed by atoms with Crippen molar-refractivity contribution in [2.75, 3.05) is 25.6 Å². The minimum absolute atomic E-state index is 0.124. The van der Waals surface area contributed by atoms with Gasteiger partial charge in [0.1, 0.15) is 5.00 Å². The van der Waals surface area contributed by atoms with Gasteiger partial charge in [-0.3, -0.25) is 14.4 Å². The molecular weight excluding hydrogens is 348 g/mol. The minimum atomic E-state index is -0.635. The summed E-state index contributed by atoms with van der Waals surface area (Å²) in [6.45, 7) is 4.77. The first-order chi connectivity index (χ1) is 11.8. The highest BCUT2D eigenvalue weighted by atomic mass is 32.1. The van der Waals surface area contributed by atoms with E-state index in [0.717, 1.165) is 11.3 Å². The number of amides is 2. The third-order valence-corrected chi connectivity index (χ3v) is 4.34. The fourth-order valence-electron chi connectivity index (χ4n) is 1.97. The van der Waals surface area contributed by atoms with E-state index in [1.807, 2.05) is 6.92 Å². The van der Waals surface area contributed by atoms with Crippen LogP contribution in [0, 0.1) is 6.92 Å². The lowest BCUT2D eigenvalue weighted by Crippen LogP contribution is -2.21. The highest BCUT2D eigenvalue weighted by molar-refractivity contribution is 7.18. The molecule has 0 spiro atoms. The number of carbonyl (C=O) groups excluding carboxylic acids is 4. The molecule has 1 aromatic heterocycles. The maximum atomic E-state index is 12.2. The van der Waals surface area contributed by atoms with Crippen molar-refractivity contribution in [2.24, 2.45) is 0 Å². The number of carbonyl (C=O) groups is 4. The lowest BCUT2D eigenvalue weighted by Gasteiger charge is -2.07. The van der Waals surface area contributed by atoms with Crippen LogP contribution in [0.2, 0.25) is 0 Å². The van der Waals surface area contributed by atoms with Gasteiger partial charge in [-0.2, -0.15) is 0 Å². The second-order valence-electron chi connectivity index (χ2n) is 5.02. The van der Waals surface area contributed by atoms with Gasteiger partial charge in [0.2, 0.25) is 0 Å². The van der Waals surface area contributed by atoms with Gasteiger partial charge in [0.25, 0.3) is 11.8 Å². The quantitative estimate of drug-likeness (QED) is 0.676. The summed E-state index contributed by atoms with van der Waals surface area (Å²) in [5.74, 6) is -2.08. The molecule has 0 aliphatic carbocycles. The molecule has 0 aliphatic rings. The maximum Gasteiger partial charge on any atom is 0.341 e. The van der Waals surface area contributed by atoms with Gasteiger partial charge in [-0.05, 0) is 25.8 Å². The average Bonchev–Trinajstić information content (AvgIpc) is 2.89. The van der Waals surface area contributed by atoms with Crippen molar-refractivity contribution < 1.29 is 28.7 Å². The third-order valence-electron chi connectivity index (χ3n) is 3.13. The highest BCUT2D eigenvalue weighted by Crippen LogP contribution is 2.33. The van der Waals surface area contributed by atoms with Gasteiger partial charge in [-0.1, -0.05) is 6.92 Å². The van der Waals surface area contributed by atoms with Gasteiger partial charge < -0.3 is 20.1 Å². The van der Waals surface area contributed by atoms with Crippen LogP contribution in [0.25, 0.3) is 0 Å². The van der Waals surface area contributed by atoms with Crippen LogP contribution in [-0.2, 0) is 19.1 Å². The van der Waals surface area contributed by atoms with Gasteiger partial charge in [-0.15, -0.1) is 11.3 Å². The van der Waals surface area contributed by atoms with Crippen molar-refractivity contribution in [3.63, 3.8) is 0 Å². The predicted molar refractivity (Wildman–Crippen MR) is 92.9 cm³/mol. The van der Waals surface area contributed by atoms with E-state index >= 15 is 0 Å². The summed E-state index contributed by atoms with van der Waals surface area (Å²) in [7, 11) is 1.47. The van der Waals surface area contributed by atoms with E-state index in [4.69, 9.17) is 9.47 Å². The van der Waals surface area contributed by atoms with Gasteiger partial charge >= 0.3 is 11.9 Å². The Morgan fingerprint density at radius 2 is 1.80 bits per heavy atom. The van der Waals surface area contributed by atoms with Gasteiger partial charge in [0.05, 0.1) is 17.0 Å². The summed E-state index contributed by atoms with van der Waals surface area (Å²) in [5.41, 5.74) is 0.541. The first kappa shape index (κ1) is 20.6. The number of hydrogen-bond donors (Lipinski definition) is 2. The largest absolute Gasteiger partial charge is 0.462 e. The molecule has 0 atom stereocenters. The summed E-state index contributed by atoms with van der Waals surface area (Å²) in [6, 6.07) is 0. The van der Waals surface area contributed by atoms with Crippen LogP contribution in [0.15, 0.2) is 0 Å². The van der Waals surface area contributed by atoms with E-state index in [-0.39, 0.29) is 29.5 Å². The molecule has 138 valence electrons. The van der Waals surface area contributed by atoms with Crippen LogP contribution < -0.4 is 10.6 Å². The number of nitrogens with one attached hydrogen (secondary N) is 2. The molecule has 9 heteroatoms. The molecule has 8 nitrogen and oxygen atoms in total. The van der Waals surface area contributed by atoms with Crippen LogP contribution >= 0.6 is 11.3 Å². The average molecular weight is 370 g/mol. The summed E-state index contributed by atoms with van der Waals surface area (Å²) in [6.07, 6.45) is 0.841. The summed E-state index contributed by atoms with van der Waals surface area (Å²) in [5, 5.41) is 5.17. The van der Waals surface area contributed by atoms with Crippen molar-refractivity contribution in [3.8, 4) is 0 Å². The number of ether oxygens (including phenoxy) is 2.